The van der Waals surface area contributed by atoms with Crippen LogP contribution in [0.25, 0.3) is 0 Å². The molecule has 2 nitrogen and oxygen atoms in total. The first-order chi connectivity index (χ1) is 4.29. The third kappa shape index (κ3) is 3.01. The van der Waals surface area contributed by atoms with Crippen molar-refractivity contribution < 1.29 is 0 Å². The standard InChI is InChI=1S/C5H8N2.C2H6/c1-4-3-5(2)7-6-4;1-2/h3-4H,1-2H3;1-2H3. The summed E-state index contributed by atoms with van der Waals surface area (Å²) >= 11 is 0. The van der Waals surface area contributed by atoms with Crippen molar-refractivity contribution >= 4 is 0 Å². The highest BCUT2D eigenvalue weighted by Crippen LogP contribution is 2.09. The summed E-state index contributed by atoms with van der Waals surface area (Å²) in [6, 6.07) is 0.319. The van der Waals surface area contributed by atoms with Crippen molar-refractivity contribution in [2.75, 3.05) is 0 Å². The Labute approximate surface area is 56.7 Å². The zero-order valence-electron chi connectivity index (χ0n) is 6.55. The first-order valence-corrected chi connectivity index (χ1v) is 3.38. The SMILES string of the molecule is CC.CC1=CC(C)N=N1. The third-order valence-electron chi connectivity index (χ3n) is 0.880. The highest BCUT2D eigenvalue weighted by atomic mass is 15.1. The molecule has 0 aromatic carbocycles. The summed E-state index contributed by atoms with van der Waals surface area (Å²) in [4.78, 5) is 0. The average Bonchev–Trinajstić information content (AvgIpc) is 2.20. The van der Waals surface area contributed by atoms with Crippen LogP contribution >= 0.6 is 0 Å². The first-order valence-electron chi connectivity index (χ1n) is 3.38. The Bertz CT molecular complexity index is 125. The van der Waals surface area contributed by atoms with Crippen molar-refractivity contribution in [2.45, 2.75) is 33.7 Å². The number of rotatable bonds is 0. The van der Waals surface area contributed by atoms with Crippen LogP contribution in [0.5, 0.6) is 0 Å². The van der Waals surface area contributed by atoms with Crippen LogP contribution in [0.3, 0.4) is 0 Å². The molecule has 52 valence electrons. The summed E-state index contributed by atoms with van der Waals surface area (Å²) in [6.45, 7) is 7.97. The molecule has 0 amide bonds. The molecule has 0 saturated heterocycles. The molecule has 9 heavy (non-hydrogen) atoms. The highest BCUT2D eigenvalue weighted by Gasteiger charge is 1.99. The van der Waals surface area contributed by atoms with Crippen molar-refractivity contribution in [1.82, 2.24) is 0 Å². The van der Waals surface area contributed by atoms with Gasteiger partial charge >= 0.3 is 0 Å². The zero-order valence-corrected chi connectivity index (χ0v) is 6.55. The summed E-state index contributed by atoms with van der Waals surface area (Å²) in [5, 5.41) is 7.65. The number of hydrogen-bond acceptors (Lipinski definition) is 2. The van der Waals surface area contributed by atoms with E-state index in [2.05, 4.69) is 10.2 Å². The fourth-order valence-corrected chi connectivity index (χ4v) is 0.598. The van der Waals surface area contributed by atoms with Crippen LogP contribution in [-0.2, 0) is 0 Å². The van der Waals surface area contributed by atoms with E-state index in [1.807, 2.05) is 33.8 Å². The minimum atomic E-state index is 0.319. The zero-order chi connectivity index (χ0) is 7.28. The van der Waals surface area contributed by atoms with E-state index >= 15 is 0 Å². The van der Waals surface area contributed by atoms with Crippen LogP contribution in [0.2, 0.25) is 0 Å². The Morgan fingerprint density at radius 3 is 2.11 bits per heavy atom. The Hall–Kier alpha value is -0.660. The van der Waals surface area contributed by atoms with Crippen molar-refractivity contribution in [3.63, 3.8) is 0 Å². The lowest BCUT2D eigenvalue weighted by molar-refractivity contribution is 0.892. The van der Waals surface area contributed by atoms with Gasteiger partial charge in [-0.25, -0.2) is 0 Å². The Morgan fingerprint density at radius 2 is 2.00 bits per heavy atom. The number of hydrogen-bond donors (Lipinski definition) is 0. The molecule has 1 atom stereocenters. The van der Waals surface area contributed by atoms with Crippen molar-refractivity contribution in [1.29, 1.82) is 0 Å². The van der Waals surface area contributed by atoms with Gasteiger partial charge in [0, 0.05) is 0 Å². The van der Waals surface area contributed by atoms with Gasteiger partial charge in [0.1, 0.15) is 0 Å². The summed E-state index contributed by atoms with van der Waals surface area (Å²) in [7, 11) is 0. The predicted octanol–water partition coefficient (Wildman–Crippen LogP) is 2.77. The lowest BCUT2D eigenvalue weighted by Gasteiger charge is -1.81. The maximum Gasteiger partial charge on any atom is 0.0885 e. The van der Waals surface area contributed by atoms with Crippen LogP contribution in [0.4, 0.5) is 0 Å². The molecule has 0 aromatic heterocycles. The van der Waals surface area contributed by atoms with Crippen LogP contribution in [0.1, 0.15) is 27.7 Å². The average molecular weight is 126 g/mol. The summed E-state index contributed by atoms with van der Waals surface area (Å²) in [5.41, 5.74) is 1.03. The van der Waals surface area contributed by atoms with Gasteiger partial charge in [0.2, 0.25) is 0 Å². The second-order valence-electron chi connectivity index (χ2n) is 1.76. The predicted molar refractivity (Wildman–Crippen MR) is 39.4 cm³/mol. The van der Waals surface area contributed by atoms with Gasteiger partial charge in [-0.05, 0) is 19.9 Å². The van der Waals surface area contributed by atoms with Gasteiger partial charge in [0.05, 0.1) is 11.7 Å². The smallest absolute Gasteiger partial charge is 0.0885 e. The van der Waals surface area contributed by atoms with Gasteiger partial charge in [-0.15, -0.1) is 0 Å². The molecule has 0 aliphatic carbocycles. The quantitative estimate of drug-likeness (QED) is 0.477. The fourth-order valence-electron chi connectivity index (χ4n) is 0.598. The molecule has 0 bridgehead atoms. The van der Waals surface area contributed by atoms with E-state index in [-0.39, 0.29) is 0 Å². The van der Waals surface area contributed by atoms with Gasteiger partial charge in [0.25, 0.3) is 0 Å². The second-order valence-corrected chi connectivity index (χ2v) is 1.76. The van der Waals surface area contributed by atoms with E-state index in [0.717, 1.165) is 5.70 Å². The largest absolute Gasteiger partial charge is 0.182 e. The van der Waals surface area contributed by atoms with E-state index < -0.39 is 0 Å². The van der Waals surface area contributed by atoms with Crippen molar-refractivity contribution in [3.8, 4) is 0 Å². The van der Waals surface area contributed by atoms with Crippen molar-refractivity contribution in [2.24, 2.45) is 10.2 Å². The maximum atomic E-state index is 3.85. The molecule has 0 N–H and O–H groups in total. The second kappa shape index (κ2) is 4.24. The molecule has 0 radical (unpaired) electrons. The van der Waals surface area contributed by atoms with Gasteiger partial charge in [-0.3, -0.25) is 0 Å². The van der Waals surface area contributed by atoms with Gasteiger partial charge in [-0.2, -0.15) is 10.2 Å². The van der Waals surface area contributed by atoms with Crippen LogP contribution < -0.4 is 0 Å². The van der Waals surface area contributed by atoms with Gasteiger partial charge in [0.15, 0.2) is 0 Å². The van der Waals surface area contributed by atoms with Crippen LogP contribution in [0, 0.1) is 0 Å². The van der Waals surface area contributed by atoms with E-state index in [1.54, 1.807) is 0 Å². The van der Waals surface area contributed by atoms with Gasteiger partial charge in [-0.1, -0.05) is 13.8 Å². The normalized spacial score (nSPS) is 22.7. The Morgan fingerprint density at radius 1 is 1.44 bits per heavy atom. The molecule has 0 spiro atoms. The third-order valence-corrected chi connectivity index (χ3v) is 0.880. The summed E-state index contributed by atoms with van der Waals surface area (Å²) in [6.07, 6.45) is 2.03. The molecule has 1 aliphatic heterocycles. The Balaban J connectivity index is 0.000000291. The fraction of sp³-hybridized carbons (Fsp3) is 0.714. The number of azo groups is 1. The Kier molecular flexibility index (Phi) is 3.93. The molecule has 2 heteroatoms. The van der Waals surface area contributed by atoms with Gasteiger partial charge < -0.3 is 0 Å². The van der Waals surface area contributed by atoms with Crippen LogP contribution in [0.15, 0.2) is 22.0 Å². The lowest BCUT2D eigenvalue weighted by atomic mass is 10.3. The molecule has 1 heterocycles. The summed E-state index contributed by atoms with van der Waals surface area (Å²) < 4.78 is 0. The summed E-state index contributed by atoms with van der Waals surface area (Å²) in [5.74, 6) is 0. The van der Waals surface area contributed by atoms with Crippen molar-refractivity contribution in [3.05, 3.63) is 11.8 Å². The highest BCUT2D eigenvalue weighted by molar-refractivity contribution is 5.04. The molecule has 1 aliphatic rings. The topological polar surface area (TPSA) is 24.7 Å². The maximum absolute atomic E-state index is 3.85. The van der Waals surface area contributed by atoms with Crippen LogP contribution in [-0.4, -0.2) is 6.04 Å². The van der Waals surface area contributed by atoms with E-state index in [0.29, 0.717) is 6.04 Å². The molecular weight excluding hydrogens is 112 g/mol. The molecule has 1 unspecified atom stereocenters. The molecule has 0 fully saturated rings. The minimum absolute atomic E-state index is 0.319. The number of allylic oxidation sites excluding steroid dienone is 1. The monoisotopic (exact) mass is 126 g/mol. The van der Waals surface area contributed by atoms with E-state index in [4.69, 9.17) is 0 Å². The molecular formula is C7H14N2. The van der Waals surface area contributed by atoms with E-state index in [1.165, 1.54) is 0 Å². The minimum Gasteiger partial charge on any atom is -0.182 e. The number of nitrogens with zero attached hydrogens (tertiary/aromatic N) is 2. The molecule has 0 aromatic rings. The lowest BCUT2D eigenvalue weighted by Crippen LogP contribution is -1.82. The molecule has 0 saturated carbocycles. The van der Waals surface area contributed by atoms with E-state index in [9.17, 15) is 0 Å². The molecule has 1 rings (SSSR count). The first kappa shape index (κ1) is 8.34.